The summed E-state index contributed by atoms with van der Waals surface area (Å²) in [5, 5.41) is 2.98. The van der Waals surface area contributed by atoms with Gasteiger partial charge in [0, 0.05) is 30.3 Å². The van der Waals surface area contributed by atoms with Crippen LogP contribution in [0.3, 0.4) is 0 Å². The van der Waals surface area contributed by atoms with E-state index in [2.05, 4.69) is 17.4 Å². The number of benzene rings is 2. The molecule has 4 nitrogen and oxygen atoms in total. The van der Waals surface area contributed by atoms with Crippen molar-refractivity contribution in [3.63, 3.8) is 0 Å². The molecule has 1 fully saturated rings. The van der Waals surface area contributed by atoms with Crippen LogP contribution >= 0.6 is 23.5 Å². The first-order valence-corrected chi connectivity index (χ1v) is 11.4. The molecule has 1 N–H and O–H groups in total. The average Bonchev–Trinajstić information content (AvgIpc) is 3.23. The summed E-state index contributed by atoms with van der Waals surface area (Å²) in [7, 11) is 0. The van der Waals surface area contributed by atoms with E-state index in [1.165, 1.54) is 24.0 Å². The number of amides is 2. The van der Waals surface area contributed by atoms with Gasteiger partial charge in [-0.05, 0) is 34.9 Å². The van der Waals surface area contributed by atoms with Gasteiger partial charge in [0.25, 0.3) is 0 Å². The van der Waals surface area contributed by atoms with Crippen LogP contribution < -0.4 is 5.32 Å². The number of nitrogens with zero attached hydrogens (tertiary/aromatic N) is 1. The second-order valence-corrected chi connectivity index (χ2v) is 9.56. The summed E-state index contributed by atoms with van der Waals surface area (Å²) in [6.07, 6.45) is 3.91. The van der Waals surface area contributed by atoms with E-state index >= 15 is 0 Å². The van der Waals surface area contributed by atoms with Crippen LogP contribution in [-0.2, 0) is 9.59 Å². The van der Waals surface area contributed by atoms with Crippen LogP contribution in [0.1, 0.15) is 40.7 Å². The number of rotatable bonds is 4. The molecule has 2 aromatic carbocycles. The van der Waals surface area contributed by atoms with E-state index in [4.69, 9.17) is 0 Å². The Hall–Kier alpha value is -2.18. The second kappa shape index (κ2) is 8.45. The van der Waals surface area contributed by atoms with Crippen LogP contribution in [0.15, 0.2) is 54.7 Å². The first-order valence-electron chi connectivity index (χ1n) is 9.31. The van der Waals surface area contributed by atoms with Crippen LogP contribution in [0, 0.1) is 0 Å². The highest BCUT2D eigenvalue weighted by Gasteiger charge is 2.28. The maximum Gasteiger partial charge on any atom is 0.226 e. The molecule has 2 aromatic rings. The Morgan fingerprint density at radius 1 is 1.07 bits per heavy atom. The number of fused-ring (bicyclic) bond motifs is 1. The van der Waals surface area contributed by atoms with Gasteiger partial charge in [-0.25, -0.2) is 0 Å². The summed E-state index contributed by atoms with van der Waals surface area (Å²) in [5.74, 6) is 2.22. The Morgan fingerprint density at radius 2 is 1.79 bits per heavy atom. The van der Waals surface area contributed by atoms with Gasteiger partial charge >= 0.3 is 0 Å². The number of hydrogen-bond donors (Lipinski definition) is 1. The van der Waals surface area contributed by atoms with Gasteiger partial charge in [-0.15, -0.1) is 23.5 Å². The lowest BCUT2D eigenvalue weighted by Gasteiger charge is -2.32. The molecule has 1 unspecified atom stereocenters. The minimum atomic E-state index is -0.288. The summed E-state index contributed by atoms with van der Waals surface area (Å²) in [5.41, 5.74) is 4.13. The van der Waals surface area contributed by atoms with E-state index in [9.17, 15) is 9.59 Å². The van der Waals surface area contributed by atoms with Crippen LogP contribution in [0.5, 0.6) is 0 Å². The zero-order chi connectivity index (χ0) is 19.5. The number of carbonyl (C=O) groups excluding carboxylic acids is 2. The molecule has 0 radical (unpaired) electrons. The normalized spacial score (nSPS) is 18.8. The standard InChI is InChI=1S/C22H22N2O2S2/c1-15(25)24-11-10-16-4-2-3-5-19(16)20(24)14-21(26)23-18-8-6-17(7-9-18)22-27-12-13-28-22/h2-11,20,22H,12-14H2,1H3,(H,23,26). The largest absolute Gasteiger partial charge is 0.326 e. The fraction of sp³-hybridized carbons (Fsp3) is 0.273. The number of hydrogen-bond acceptors (Lipinski definition) is 4. The fourth-order valence-corrected chi connectivity index (χ4v) is 6.43. The maximum atomic E-state index is 12.7. The lowest BCUT2D eigenvalue weighted by molar-refractivity contribution is -0.129. The summed E-state index contributed by atoms with van der Waals surface area (Å²) < 4.78 is 0.499. The van der Waals surface area contributed by atoms with Gasteiger partial charge in [-0.1, -0.05) is 36.4 Å². The Kier molecular flexibility index (Phi) is 5.78. The van der Waals surface area contributed by atoms with Crippen molar-refractivity contribution in [3.05, 3.63) is 71.4 Å². The third-order valence-corrected chi connectivity index (χ3v) is 8.04. The molecule has 0 saturated carbocycles. The molecular formula is C22H22N2O2S2. The van der Waals surface area contributed by atoms with Crippen molar-refractivity contribution in [2.45, 2.75) is 24.0 Å². The Morgan fingerprint density at radius 3 is 2.50 bits per heavy atom. The quantitative estimate of drug-likeness (QED) is 0.765. The van der Waals surface area contributed by atoms with E-state index in [1.807, 2.05) is 66.0 Å². The third-order valence-electron chi connectivity index (χ3n) is 4.94. The van der Waals surface area contributed by atoms with Gasteiger partial charge in [0.05, 0.1) is 17.0 Å². The Labute approximate surface area is 173 Å². The molecule has 1 saturated heterocycles. The molecule has 0 aliphatic carbocycles. The van der Waals surface area contributed by atoms with Crippen molar-refractivity contribution in [1.29, 1.82) is 0 Å². The topological polar surface area (TPSA) is 49.4 Å². The smallest absolute Gasteiger partial charge is 0.226 e. The first-order chi connectivity index (χ1) is 13.6. The zero-order valence-corrected chi connectivity index (χ0v) is 17.3. The third kappa shape index (κ3) is 4.13. The predicted molar refractivity (Wildman–Crippen MR) is 118 cm³/mol. The second-order valence-electron chi connectivity index (χ2n) is 6.83. The molecule has 2 heterocycles. The molecule has 6 heteroatoms. The highest BCUT2D eigenvalue weighted by Crippen LogP contribution is 2.45. The molecule has 28 heavy (non-hydrogen) atoms. The Bertz CT molecular complexity index is 905. The van der Waals surface area contributed by atoms with Gasteiger partial charge in [0.15, 0.2) is 0 Å². The van der Waals surface area contributed by atoms with Crippen LogP contribution in [0.4, 0.5) is 5.69 Å². The van der Waals surface area contributed by atoms with Gasteiger partial charge in [-0.3, -0.25) is 9.59 Å². The van der Waals surface area contributed by atoms with E-state index in [0.29, 0.717) is 4.58 Å². The lowest BCUT2D eigenvalue weighted by Crippen LogP contribution is -2.33. The summed E-state index contributed by atoms with van der Waals surface area (Å²) >= 11 is 3.93. The van der Waals surface area contributed by atoms with Crippen molar-refractivity contribution < 1.29 is 9.59 Å². The van der Waals surface area contributed by atoms with Gasteiger partial charge in [-0.2, -0.15) is 0 Å². The highest BCUT2D eigenvalue weighted by molar-refractivity contribution is 8.19. The van der Waals surface area contributed by atoms with Crippen LogP contribution in [0.2, 0.25) is 0 Å². The number of anilines is 1. The van der Waals surface area contributed by atoms with Crippen molar-refractivity contribution in [2.75, 3.05) is 16.8 Å². The van der Waals surface area contributed by atoms with Gasteiger partial charge in [0.2, 0.25) is 11.8 Å². The van der Waals surface area contributed by atoms with E-state index in [1.54, 1.807) is 11.1 Å². The maximum absolute atomic E-state index is 12.7. The molecule has 1 atom stereocenters. The molecule has 144 valence electrons. The van der Waals surface area contributed by atoms with Crippen molar-refractivity contribution in [1.82, 2.24) is 4.90 Å². The van der Waals surface area contributed by atoms with Crippen molar-refractivity contribution in [3.8, 4) is 0 Å². The summed E-state index contributed by atoms with van der Waals surface area (Å²) in [6, 6.07) is 15.7. The number of thioether (sulfide) groups is 2. The average molecular weight is 411 g/mol. The monoisotopic (exact) mass is 410 g/mol. The SMILES string of the molecule is CC(=O)N1C=Cc2ccccc2C1CC(=O)Nc1ccc(C2SCCS2)cc1. The number of carbonyl (C=O) groups is 2. The fourth-order valence-electron chi connectivity index (χ4n) is 3.58. The van der Waals surface area contributed by atoms with Gasteiger partial charge < -0.3 is 10.2 Å². The molecular weight excluding hydrogens is 388 g/mol. The van der Waals surface area contributed by atoms with E-state index < -0.39 is 0 Å². The van der Waals surface area contributed by atoms with Gasteiger partial charge in [0.1, 0.15) is 0 Å². The van der Waals surface area contributed by atoms with Crippen molar-refractivity contribution >= 4 is 47.1 Å². The Balaban J connectivity index is 1.46. The highest BCUT2D eigenvalue weighted by atomic mass is 32.2. The molecule has 2 aliphatic heterocycles. The van der Waals surface area contributed by atoms with E-state index in [-0.39, 0.29) is 24.3 Å². The summed E-state index contributed by atoms with van der Waals surface area (Å²) in [6.45, 7) is 1.53. The number of nitrogens with one attached hydrogen (secondary N) is 1. The molecule has 2 amide bonds. The summed E-state index contributed by atoms with van der Waals surface area (Å²) in [4.78, 5) is 26.4. The minimum Gasteiger partial charge on any atom is -0.326 e. The van der Waals surface area contributed by atoms with Crippen LogP contribution in [-0.4, -0.2) is 28.2 Å². The molecule has 4 rings (SSSR count). The lowest BCUT2D eigenvalue weighted by atomic mass is 9.93. The minimum absolute atomic E-state index is 0.0699. The predicted octanol–water partition coefficient (Wildman–Crippen LogP) is 5.07. The molecule has 0 spiro atoms. The molecule has 0 bridgehead atoms. The van der Waals surface area contributed by atoms with Crippen molar-refractivity contribution in [2.24, 2.45) is 0 Å². The molecule has 2 aliphatic rings. The van der Waals surface area contributed by atoms with E-state index in [0.717, 1.165) is 16.8 Å². The molecule has 0 aromatic heterocycles. The zero-order valence-electron chi connectivity index (χ0n) is 15.6. The first kappa shape index (κ1) is 19.2. The van der Waals surface area contributed by atoms with Crippen LogP contribution in [0.25, 0.3) is 6.08 Å².